The lowest BCUT2D eigenvalue weighted by Gasteiger charge is -2.30. The molecule has 1 fully saturated rings. The van der Waals surface area contributed by atoms with Crippen LogP contribution in [-0.4, -0.2) is 48.0 Å². The van der Waals surface area contributed by atoms with Gasteiger partial charge in [0.05, 0.1) is 5.92 Å². The number of hydrogen-bond acceptors (Lipinski definition) is 7. The number of likely N-dealkylation sites (tertiary alicyclic amines) is 1. The summed E-state index contributed by atoms with van der Waals surface area (Å²) in [6, 6.07) is 8.54. The zero-order valence-corrected chi connectivity index (χ0v) is 19.4. The highest BCUT2D eigenvalue weighted by Gasteiger charge is 2.32. The SMILES string of the molecule is CC(C)(C)NS(=O)(=O)c1ccc(C(=O)N2CCCC(c3nc(-c4cccc(F)c4)no3)C2)o1. The highest BCUT2D eigenvalue weighted by atomic mass is 32.2. The van der Waals surface area contributed by atoms with Gasteiger partial charge in [-0.05, 0) is 57.9 Å². The fourth-order valence-corrected chi connectivity index (χ4v) is 5.05. The van der Waals surface area contributed by atoms with E-state index in [0.29, 0.717) is 31.0 Å². The van der Waals surface area contributed by atoms with Crippen molar-refractivity contribution in [3.63, 3.8) is 0 Å². The van der Waals surface area contributed by atoms with Crippen molar-refractivity contribution in [2.45, 2.75) is 50.2 Å². The summed E-state index contributed by atoms with van der Waals surface area (Å²) in [7, 11) is -3.89. The van der Waals surface area contributed by atoms with E-state index in [2.05, 4.69) is 14.9 Å². The van der Waals surface area contributed by atoms with Crippen LogP contribution in [0.25, 0.3) is 11.4 Å². The van der Waals surface area contributed by atoms with Crippen molar-refractivity contribution in [3.05, 3.63) is 53.9 Å². The second kappa shape index (κ2) is 8.71. The van der Waals surface area contributed by atoms with Gasteiger partial charge in [-0.1, -0.05) is 17.3 Å². The number of piperidine rings is 1. The summed E-state index contributed by atoms with van der Waals surface area (Å²) in [5.74, 6) is -0.425. The van der Waals surface area contributed by atoms with Crippen molar-refractivity contribution in [1.29, 1.82) is 0 Å². The normalized spacial score (nSPS) is 17.3. The average Bonchev–Trinajstić information content (AvgIpc) is 3.42. The second-order valence-electron chi connectivity index (χ2n) is 9.03. The predicted molar refractivity (Wildman–Crippen MR) is 116 cm³/mol. The lowest BCUT2D eigenvalue weighted by atomic mass is 9.97. The van der Waals surface area contributed by atoms with Crippen molar-refractivity contribution in [2.24, 2.45) is 0 Å². The molecule has 2 aromatic heterocycles. The highest BCUT2D eigenvalue weighted by molar-refractivity contribution is 7.89. The van der Waals surface area contributed by atoms with Gasteiger partial charge in [-0.25, -0.2) is 17.5 Å². The number of sulfonamides is 1. The molecule has 11 heteroatoms. The average molecular weight is 477 g/mol. The van der Waals surface area contributed by atoms with Crippen LogP contribution in [0.3, 0.4) is 0 Å². The molecule has 1 N–H and O–H groups in total. The second-order valence-corrected chi connectivity index (χ2v) is 10.6. The number of rotatable bonds is 5. The van der Waals surface area contributed by atoms with Crippen LogP contribution in [0.5, 0.6) is 0 Å². The zero-order valence-electron chi connectivity index (χ0n) is 18.5. The minimum atomic E-state index is -3.89. The number of benzene rings is 1. The molecule has 1 aliphatic rings. The smallest absolute Gasteiger partial charge is 0.289 e. The molecule has 1 atom stereocenters. The first-order valence-electron chi connectivity index (χ1n) is 10.5. The standard InChI is InChI=1S/C22H25FN4O5S/c1-22(2,3)26-33(29,30)18-10-9-17(31-18)21(28)27-11-5-7-15(13-27)20-24-19(25-32-20)14-6-4-8-16(23)12-14/h4,6,8-10,12,15,26H,5,7,11,13H2,1-3H3. The fourth-order valence-electron chi connectivity index (χ4n) is 3.70. The van der Waals surface area contributed by atoms with Gasteiger partial charge in [-0.3, -0.25) is 4.79 Å². The summed E-state index contributed by atoms with van der Waals surface area (Å²) in [6.45, 7) is 5.94. The Kier molecular flexibility index (Phi) is 6.10. The molecule has 3 heterocycles. The molecule has 1 unspecified atom stereocenters. The summed E-state index contributed by atoms with van der Waals surface area (Å²) in [5, 5.41) is 3.63. The van der Waals surface area contributed by atoms with Crippen LogP contribution in [0.4, 0.5) is 4.39 Å². The van der Waals surface area contributed by atoms with Crippen LogP contribution in [-0.2, 0) is 10.0 Å². The maximum Gasteiger partial charge on any atom is 0.289 e. The lowest BCUT2D eigenvalue weighted by Crippen LogP contribution is -2.40. The largest absolute Gasteiger partial charge is 0.438 e. The van der Waals surface area contributed by atoms with Crippen LogP contribution >= 0.6 is 0 Å². The molecule has 1 amide bonds. The number of carbonyl (C=O) groups is 1. The minimum Gasteiger partial charge on any atom is -0.438 e. The number of hydrogen-bond donors (Lipinski definition) is 1. The van der Waals surface area contributed by atoms with Gasteiger partial charge in [0.2, 0.25) is 16.8 Å². The number of furan rings is 1. The molecule has 0 saturated carbocycles. The third kappa shape index (κ3) is 5.31. The molecular formula is C22H25FN4O5S. The fraction of sp³-hybridized carbons (Fsp3) is 0.409. The third-order valence-corrected chi connectivity index (χ3v) is 6.71. The molecule has 176 valence electrons. The van der Waals surface area contributed by atoms with Gasteiger partial charge in [0.25, 0.3) is 15.9 Å². The van der Waals surface area contributed by atoms with Gasteiger partial charge in [0.1, 0.15) is 5.82 Å². The number of carbonyl (C=O) groups excluding carboxylic acids is 1. The Labute approximate surface area is 191 Å². The van der Waals surface area contributed by atoms with E-state index in [4.69, 9.17) is 8.94 Å². The predicted octanol–water partition coefficient (Wildman–Crippen LogP) is 3.57. The molecular weight excluding hydrogens is 451 g/mol. The van der Waals surface area contributed by atoms with Crippen molar-refractivity contribution >= 4 is 15.9 Å². The summed E-state index contributed by atoms with van der Waals surface area (Å²) < 4.78 is 51.7. The van der Waals surface area contributed by atoms with Gasteiger partial charge in [0, 0.05) is 24.2 Å². The molecule has 0 spiro atoms. The van der Waals surface area contributed by atoms with Gasteiger partial charge in [-0.2, -0.15) is 4.98 Å². The van der Waals surface area contributed by atoms with Crippen molar-refractivity contribution < 1.29 is 26.5 Å². The van der Waals surface area contributed by atoms with Crippen LogP contribution < -0.4 is 4.72 Å². The minimum absolute atomic E-state index is 0.0593. The molecule has 0 radical (unpaired) electrons. The Morgan fingerprint density at radius 2 is 2.03 bits per heavy atom. The summed E-state index contributed by atoms with van der Waals surface area (Å²) in [5.41, 5.74) is -0.188. The van der Waals surface area contributed by atoms with Crippen LogP contribution in [0.2, 0.25) is 0 Å². The Bertz CT molecular complexity index is 1260. The number of nitrogens with one attached hydrogen (secondary N) is 1. The van der Waals surface area contributed by atoms with Crippen molar-refractivity contribution in [2.75, 3.05) is 13.1 Å². The van der Waals surface area contributed by atoms with E-state index in [1.807, 2.05) is 0 Å². The molecule has 1 aromatic carbocycles. The van der Waals surface area contributed by atoms with Crippen molar-refractivity contribution in [3.8, 4) is 11.4 Å². The van der Waals surface area contributed by atoms with Gasteiger partial charge >= 0.3 is 0 Å². The maximum atomic E-state index is 13.5. The lowest BCUT2D eigenvalue weighted by molar-refractivity contribution is 0.0658. The number of amides is 1. The van der Waals surface area contributed by atoms with Gasteiger partial charge < -0.3 is 13.8 Å². The molecule has 1 aliphatic heterocycles. The Morgan fingerprint density at radius 1 is 1.24 bits per heavy atom. The molecule has 1 saturated heterocycles. The molecule has 0 aliphatic carbocycles. The van der Waals surface area contributed by atoms with Gasteiger partial charge in [0.15, 0.2) is 5.76 Å². The van der Waals surface area contributed by atoms with E-state index < -0.39 is 27.3 Å². The van der Waals surface area contributed by atoms with E-state index in [0.717, 1.165) is 6.42 Å². The first-order chi connectivity index (χ1) is 15.5. The van der Waals surface area contributed by atoms with Crippen LogP contribution in [0, 0.1) is 5.82 Å². The van der Waals surface area contributed by atoms with Crippen LogP contribution in [0.15, 0.2) is 50.4 Å². The Morgan fingerprint density at radius 3 is 2.76 bits per heavy atom. The maximum absolute atomic E-state index is 13.5. The molecule has 3 aromatic rings. The topological polar surface area (TPSA) is 119 Å². The van der Waals surface area contributed by atoms with Crippen LogP contribution in [0.1, 0.15) is 56.0 Å². The molecule has 0 bridgehead atoms. The van der Waals surface area contributed by atoms with E-state index >= 15 is 0 Å². The van der Waals surface area contributed by atoms with Crippen molar-refractivity contribution in [1.82, 2.24) is 19.8 Å². The zero-order chi connectivity index (χ0) is 23.8. The summed E-state index contributed by atoms with van der Waals surface area (Å²) >= 11 is 0. The van der Waals surface area contributed by atoms with E-state index in [9.17, 15) is 17.6 Å². The summed E-state index contributed by atoms with van der Waals surface area (Å²) in [6.07, 6.45) is 1.44. The van der Waals surface area contributed by atoms with E-state index in [1.165, 1.54) is 24.3 Å². The summed E-state index contributed by atoms with van der Waals surface area (Å²) in [4.78, 5) is 18.9. The molecule has 33 heavy (non-hydrogen) atoms. The third-order valence-electron chi connectivity index (χ3n) is 5.08. The Balaban J connectivity index is 1.47. The van der Waals surface area contributed by atoms with E-state index in [-0.39, 0.29) is 22.6 Å². The van der Waals surface area contributed by atoms with Gasteiger partial charge in [-0.15, -0.1) is 0 Å². The monoisotopic (exact) mass is 476 g/mol. The Hall–Kier alpha value is -3.05. The first kappa shape index (κ1) is 23.1. The highest BCUT2D eigenvalue weighted by Crippen LogP contribution is 2.29. The number of aromatic nitrogens is 2. The quantitative estimate of drug-likeness (QED) is 0.598. The first-order valence-corrected chi connectivity index (χ1v) is 12.0. The molecule has 9 nitrogen and oxygen atoms in total. The number of nitrogens with zero attached hydrogens (tertiary/aromatic N) is 3. The van der Waals surface area contributed by atoms with E-state index in [1.54, 1.807) is 37.8 Å². The number of halogens is 1. The molecule has 4 rings (SSSR count).